The molecule has 0 bridgehead atoms. The first-order valence-corrected chi connectivity index (χ1v) is 8.63. The number of nitrogens with zero attached hydrogens (tertiary/aromatic N) is 4. The SMILES string of the molecule is C[C@@H]1CN(C)C[C@H](c2nnc(CN3CCc4ccccc4C3=O)o2)O1. The lowest BCUT2D eigenvalue weighted by atomic mass is 9.99. The van der Waals surface area contributed by atoms with Crippen LogP contribution in [0.3, 0.4) is 0 Å². The molecular weight excluding hydrogens is 320 g/mol. The van der Waals surface area contributed by atoms with Crippen molar-refractivity contribution in [2.24, 2.45) is 0 Å². The molecule has 0 unspecified atom stereocenters. The van der Waals surface area contributed by atoms with Crippen molar-refractivity contribution in [3.63, 3.8) is 0 Å². The summed E-state index contributed by atoms with van der Waals surface area (Å²) in [6.07, 6.45) is 0.754. The van der Waals surface area contributed by atoms with Crippen LogP contribution >= 0.6 is 0 Å². The second-order valence-electron chi connectivity index (χ2n) is 6.82. The Labute approximate surface area is 146 Å². The van der Waals surface area contributed by atoms with Crippen LogP contribution in [0.5, 0.6) is 0 Å². The van der Waals surface area contributed by atoms with E-state index in [1.807, 2.05) is 38.2 Å². The molecule has 132 valence electrons. The van der Waals surface area contributed by atoms with Crippen LogP contribution in [-0.4, -0.2) is 58.7 Å². The van der Waals surface area contributed by atoms with E-state index in [9.17, 15) is 4.79 Å². The number of amides is 1. The zero-order valence-electron chi connectivity index (χ0n) is 14.5. The second-order valence-corrected chi connectivity index (χ2v) is 6.82. The van der Waals surface area contributed by atoms with E-state index in [1.54, 1.807) is 4.90 Å². The van der Waals surface area contributed by atoms with Gasteiger partial charge in [0.25, 0.3) is 5.91 Å². The number of rotatable bonds is 3. The maximum Gasteiger partial charge on any atom is 0.254 e. The number of ether oxygens (including phenoxy) is 1. The minimum atomic E-state index is -0.215. The molecule has 0 spiro atoms. The van der Waals surface area contributed by atoms with Crippen molar-refractivity contribution >= 4 is 5.91 Å². The fourth-order valence-corrected chi connectivity index (χ4v) is 3.55. The zero-order chi connectivity index (χ0) is 17.4. The Morgan fingerprint density at radius 3 is 2.92 bits per heavy atom. The lowest BCUT2D eigenvalue weighted by Gasteiger charge is -2.32. The van der Waals surface area contributed by atoms with Crippen LogP contribution in [0.4, 0.5) is 0 Å². The molecule has 0 aliphatic carbocycles. The van der Waals surface area contributed by atoms with Crippen LogP contribution in [0.15, 0.2) is 28.7 Å². The van der Waals surface area contributed by atoms with Gasteiger partial charge in [-0.25, -0.2) is 0 Å². The van der Waals surface area contributed by atoms with Crippen molar-refractivity contribution < 1.29 is 13.9 Å². The van der Waals surface area contributed by atoms with Gasteiger partial charge in [-0.3, -0.25) is 4.79 Å². The fourth-order valence-electron chi connectivity index (χ4n) is 3.55. The number of hydrogen-bond acceptors (Lipinski definition) is 6. The molecule has 0 saturated carbocycles. The van der Waals surface area contributed by atoms with Crippen molar-refractivity contribution in [3.8, 4) is 0 Å². The third kappa shape index (κ3) is 3.29. The number of likely N-dealkylation sites (N-methyl/N-ethyl adjacent to an activating group) is 1. The minimum absolute atomic E-state index is 0.0175. The summed E-state index contributed by atoms with van der Waals surface area (Å²) in [6, 6.07) is 7.74. The van der Waals surface area contributed by atoms with Crippen molar-refractivity contribution in [1.82, 2.24) is 20.0 Å². The Bertz CT molecular complexity index is 765. The molecule has 2 atom stereocenters. The molecular formula is C18H22N4O3. The molecule has 1 fully saturated rings. The maximum atomic E-state index is 12.6. The highest BCUT2D eigenvalue weighted by Crippen LogP contribution is 2.25. The van der Waals surface area contributed by atoms with Gasteiger partial charge in [0, 0.05) is 25.2 Å². The molecule has 1 aromatic heterocycles. The van der Waals surface area contributed by atoms with Gasteiger partial charge in [0.15, 0.2) is 0 Å². The molecule has 7 heteroatoms. The summed E-state index contributed by atoms with van der Waals surface area (Å²) in [5.41, 5.74) is 1.86. The number of benzene rings is 1. The van der Waals surface area contributed by atoms with Crippen LogP contribution in [0.2, 0.25) is 0 Å². The first kappa shape index (κ1) is 16.2. The summed E-state index contributed by atoms with van der Waals surface area (Å²) in [4.78, 5) is 16.6. The first-order valence-electron chi connectivity index (χ1n) is 8.63. The number of hydrogen-bond donors (Lipinski definition) is 0. The van der Waals surface area contributed by atoms with E-state index in [4.69, 9.17) is 9.15 Å². The summed E-state index contributed by atoms with van der Waals surface area (Å²) in [5.74, 6) is 0.953. The summed E-state index contributed by atoms with van der Waals surface area (Å²) in [7, 11) is 2.05. The Kier molecular flexibility index (Phi) is 4.27. The van der Waals surface area contributed by atoms with Crippen molar-refractivity contribution in [1.29, 1.82) is 0 Å². The smallest absolute Gasteiger partial charge is 0.254 e. The highest BCUT2D eigenvalue weighted by atomic mass is 16.5. The molecule has 1 saturated heterocycles. The van der Waals surface area contributed by atoms with E-state index >= 15 is 0 Å². The highest BCUT2D eigenvalue weighted by molar-refractivity contribution is 5.96. The zero-order valence-corrected chi connectivity index (χ0v) is 14.5. The predicted octanol–water partition coefficient (Wildman–Crippen LogP) is 1.66. The van der Waals surface area contributed by atoms with Crippen LogP contribution in [0, 0.1) is 0 Å². The largest absolute Gasteiger partial charge is 0.420 e. The molecule has 7 nitrogen and oxygen atoms in total. The van der Waals surface area contributed by atoms with Crippen LogP contribution in [0.1, 0.15) is 40.7 Å². The van der Waals surface area contributed by atoms with Crippen molar-refractivity contribution in [2.45, 2.75) is 32.1 Å². The van der Waals surface area contributed by atoms with Gasteiger partial charge >= 0.3 is 0 Å². The standard InChI is InChI=1S/C18H22N4O3/c1-12-9-21(2)10-15(24-12)17-20-19-16(25-17)11-22-8-7-13-5-3-4-6-14(13)18(22)23/h3-6,12,15H,7-11H2,1-2H3/t12-,15-/m1/s1. The Morgan fingerprint density at radius 2 is 2.08 bits per heavy atom. The third-order valence-corrected chi connectivity index (χ3v) is 4.71. The highest BCUT2D eigenvalue weighted by Gasteiger charge is 2.30. The molecule has 1 aromatic carbocycles. The minimum Gasteiger partial charge on any atom is -0.420 e. The van der Waals surface area contributed by atoms with E-state index in [1.165, 1.54) is 0 Å². The van der Waals surface area contributed by atoms with Gasteiger partial charge in [0.1, 0.15) is 6.10 Å². The van der Waals surface area contributed by atoms with E-state index < -0.39 is 0 Å². The molecule has 2 aromatic rings. The van der Waals surface area contributed by atoms with E-state index in [0.717, 1.165) is 30.6 Å². The predicted molar refractivity (Wildman–Crippen MR) is 90.0 cm³/mol. The van der Waals surface area contributed by atoms with Crippen LogP contribution in [-0.2, 0) is 17.7 Å². The number of carbonyl (C=O) groups excluding carboxylic acids is 1. The number of fused-ring (bicyclic) bond motifs is 1. The van der Waals surface area contributed by atoms with Gasteiger partial charge in [-0.2, -0.15) is 0 Å². The Balaban J connectivity index is 1.46. The van der Waals surface area contributed by atoms with Crippen molar-refractivity contribution in [3.05, 3.63) is 47.2 Å². The van der Waals surface area contributed by atoms with Gasteiger partial charge in [-0.05, 0) is 32.0 Å². The Hall–Kier alpha value is -2.25. The maximum absolute atomic E-state index is 12.6. The average Bonchev–Trinajstić information content (AvgIpc) is 3.05. The number of aromatic nitrogens is 2. The second kappa shape index (κ2) is 6.57. The van der Waals surface area contributed by atoms with Gasteiger partial charge < -0.3 is 19.0 Å². The summed E-state index contributed by atoms with van der Waals surface area (Å²) >= 11 is 0. The van der Waals surface area contributed by atoms with E-state index in [2.05, 4.69) is 15.1 Å². The quantitative estimate of drug-likeness (QED) is 0.845. The topological polar surface area (TPSA) is 71.7 Å². The van der Waals surface area contributed by atoms with E-state index in [0.29, 0.717) is 24.9 Å². The van der Waals surface area contributed by atoms with Gasteiger partial charge in [0.05, 0.1) is 12.6 Å². The fraction of sp³-hybridized carbons (Fsp3) is 0.500. The third-order valence-electron chi connectivity index (χ3n) is 4.71. The number of carbonyl (C=O) groups is 1. The average molecular weight is 342 g/mol. The lowest BCUT2D eigenvalue weighted by molar-refractivity contribution is -0.0826. The molecule has 3 heterocycles. The molecule has 25 heavy (non-hydrogen) atoms. The molecule has 4 rings (SSSR count). The molecule has 2 aliphatic heterocycles. The summed E-state index contributed by atoms with van der Waals surface area (Å²) < 4.78 is 11.7. The molecule has 0 radical (unpaired) electrons. The first-order chi connectivity index (χ1) is 12.1. The van der Waals surface area contributed by atoms with Gasteiger partial charge in [0.2, 0.25) is 11.8 Å². The van der Waals surface area contributed by atoms with Gasteiger partial charge in [-0.1, -0.05) is 18.2 Å². The molecule has 2 aliphatic rings. The van der Waals surface area contributed by atoms with Gasteiger partial charge in [-0.15, -0.1) is 10.2 Å². The summed E-state index contributed by atoms with van der Waals surface area (Å²) in [5, 5.41) is 8.25. The molecule has 1 amide bonds. The van der Waals surface area contributed by atoms with Crippen LogP contribution in [0.25, 0.3) is 0 Å². The number of morpholine rings is 1. The molecule has 0 N–H and O–H groups in total. The lowest BCUT2D eigenvalue weighted by Crippen LogP contribution is -2.40. The van der Waals surface area contributed by atoms with E-state index in [-0.39, 0.29) is 18.1 Å². The monoisotopic (exact) mass is 342 g/mol. The van der Waals surface area contributed by atoms with Crippen molar-refractivity contribution in [2.75, 3.05) is 26.7 Å². The Morgan fingerprint density at radius 1 is 1.24 bits per heavy atom. The summed E-state index contributed by atoms with van der Waals surface area (Å²) in [6.45, 7) is 4.64. The normalized spacial score (nSPS) is 24.4. The van der Waals surface area contributed by atoms with Crippen LogP contribution < -0.4 is 0 Å².